The zero-order chi connectivity index (χ0) is 21.5. The lowest BCUT2D eigenvalue weighted by Crippen LogP contribution is -2.29. The molecule has 5 aromatic rings. The zero-order valence-electron chi connectivity index (χ0n) is 15.8. The first kappa shape index (κ1) is 19.0. The minimum Gasteiger partial charge on any atom is -0.467 e. The molecule has 1 amide bonds. The van der Waals surface area contributed by atoms with E-state index in [1.165, 1.54) is 44.8 Å². The van der Waals surface area contributed by atoms with Crippen LogP contribution in [0.2, 0.25) is 0 Å². The minimum absolute atomic E-state index is 0.000680. The summed E-state index contributed by atoms with van der Waals surface area (Å²) in [6.45, 7) is -0.379. The van der Waals surface area contributed by atoms with Crippen molar-refractivity contribution < 1.29 is 13.6 Å². The van der Waals surface area contributed by atoms with Crippen molar-refractivity contribution in [1.29, 1.82) is 0 Å². The van der Waals surface area contributed by atoms with E-state index in [4.69, 9.17) is 4.42 Å². The van der Waals surface area contributed by atoms with Gasteiger partial charge in [-0.15, -0.1) is 16.4 Å². The third kappa shape index (κ3) is 3.24. The summed E-state index contributed by atoms with van der Waals surface area (Å²) in [6, 6.07) is 10.8. The molecule has 0 aliphatic rings. The first-order valence-corrected chi connectivity index (χ1v) is 10.1. The van der Waals surface area contributed by atoms with Gasteiger partial charge in [0.1, 0.15) is 22.8 Å². The first-order chi connectivity index (χ1) is 15.0. The predicted octanol–water partition coefficient (Wildman–Crippen LogP) is 2.29. The van der Waals surface area contributed by atoms with Crippen LogP contribution in [0.25, 0.3) is 16.0 Å². The number of anilines is 1. The summed E-state index contributed by atoms with van der Waals surface area (Å²) in [5.74, 6) is -0.627. The van der Waals surface area contributed by atoms with E-state index in [1.54, 1.807) is 29.6 Å². The molecule has 0 atom stereocenters. The van der Waals surface area contributed by atoms with E-state index in [-0.39, 0.29) is 23.6 Å². The van der Waals surface area contributed by atoms with Gasteiger partial charge in [-0.1, -0.05) is 12.1 Å². The van der Waals surface area contributed by atoms with Crippen molar-refractivity contribution >= 4 is 38.9 Å². The number of carbonyl (C=O) groups excluding carboxylic acids is 1. The third-order valence-electron chi connectivity index (χ3n) is 4.72. The maximum absolute atomic E-state index is 13.8. The fraction of sp³-hybridized carbons (Fsp3) is 0.100. The Kier molecular flexibility index (Phi) is 4.51. The molecule has 0 fully saturated rings. The van der Waals surface area contributed by atoms with Crippen molar-refractivity contribution in [3.63, 3.8) is 0 Å². The number of thiophene rings is 1. The van der Waals surface area contributed by atoms with E-state index in [0.717, 1.165) is 4.68 Å². The van der Waals surface area contributed by atoms with Crippen LogP contribution in [0, 0.1) is 5.82 Å². The molecule has 0 unspecified atom stereocenters. The van der Waals surface area contributed by atoms with Gasteiger partial charge in [-0.3, -0.25) is 14.2 Å². The van der Waals surface area contributed by atoms with Crippen LogP contribution in [-0.4, -0.2) is 24.7 Å². The van der Waals surface area contributed by atoms with Crippen LogP contribution in [0.4, 0.5) is 10.1 Å². The predicted molar refractivity (Wildman–Crippen MR) is 112 cm³/mol. The van der Waals surface area contributed by atoms with Gasteiger partial charge in [0.25, 0.3) is 5.56 Å². The first-order valence-electron chi connectivity index (χ1n) is 9.19. The molecule has 4 aromatic heterocycles. The van der Waals surface area contributed by atoms with E-state index in [2.05, 4.69) is 10.4 Å². The fourth-order valence-corrected chi connectivity index (χ4v) is 4.15. The molecule has 1 N–H and O–H groups in total. The van der Waals surface area contributed by atoms with Crippen LogP contribution in [0.5, 0.6) is 0 Å². The molecule has 0 bridgehead atoms. The minimum atomic E-state index is -0.628. The van der Waals surface area contributed by atoms with Gasteiger partial charge in [0, 0.05) is 0 Å². The highest BCUT2D eigenvalue weighted by Crippen LogP contribution is 2.18. The maximum atomic E-state index is 13.8. The summed E-state index contributed by atoms with van der Waals surface area (Å²) >= 11 is 1.21. The highest BCUT2D eigenvalue weighted by atomic mass is 32.1. The fourth-order valence-electron chi connectivity index (χ4n) is 3.33. The Morgan fingerprint density at radius 1 is 1.16 bits per heavy atom. The van der Waals surface area contributed by atoms with Crippen molar-refractivity contribution in [2.75, 3.05) is 5.32 Å². The molecule has 31 heavy (non-hydrogen) atoms. The second-order valence-corrected chi connectivity index (χ2v) is 7.63. The number of amides is 1. The molecule has 1 aromatic carbocycles. The molecule has 0 saturated carbocycles. The van der Waals surface area contributed by atoms with Crippen LogP contribution in [0.1, 0.15) is 5.76 Å². The number of fused-ring (bicyclic) bond motifs is 3. The molecular formula is C20H14FN5O4S. The molecule has 0 saturated heterocycles. The Morgan fingerprint density at radius 3 is 2.77 bits per heavy atom. The van der Waals surface area contributed by atoms with Gasteiger partial charge in [0.2, 0.25) is 11.7 Å². The molecular weight excluding hydrogens is 425 g/mol. The largest absolute Gasteiger partial charge is 0.467 e. The topological polar surface area (TPSA) is 104 Å². The van der Waals surface area contributed by atoms with E-state index >= 15 is 0 Å². The second-order valence-electron chi connectivity index (χ2n) is 6.71. The van der Waals surface area contributed by atoms with E-state index < -0.39 is 24.0 Å². The average Bonchev–Trinajstić information content (AvgIpc) is 3.48. The molecule has 5 rings (SSSR count). The van der Waals surface area contributed by atoms with Crippen molar-refractivity contribution in [3.05, 3.63) is 86.5 Å². The molecule has 11 heteroatoms. The van der Waals surface area contributed by atoms with Crippen LogP contribution in [-0.2, 0) is 17.9 Å². The average molecular weight is 439 g/mol. The van der Waals surface area contributed by atoms with Gasteiger partial charge in [0.05, 0.1) is 24.0 Å². The molecule has 4 heterocycles. The maximum Gasteiger partial charge on any atom is 0.352 e. The summed E-state index contributed by atoms with van der Waals surface area (Å²) < 4.78 is 23.1. The van der Waals surface area contributed by atoms with Crippen molar-refractivity contribution in [2.24, 2.45) is 0 Å². The highest BCUT2D eigenvalue weighted by molar-refractivity contribution is 7.17. The molecule has 156 valence electrons. The van der Waals surface area contributed by atoms with Crippen LogP contribution >= 0.6 is 11.3 Å². The lowest BCUT2D eigenvalue weighted by atomic mass is 10.3. The van der Waals surface area contributed by atoms with Gasteiger partial charge in [0.15, 0.2) is 0 Å². The number of rotatable bonds is 5. The number of carbonyl (C=O) groups is 1. The number of nitrogens with one attached hydrogen (secondary N) is 1. The van der Waals surface area contributed by atoms with Gasteiger partial charge in [-0.2, -0.15) is 0 Å². The summed E-state index contributed by atoms with van der Waals surface area (Å²) in [5.41, 5.74) is -0.497. The van der Waals surface area contributed by atoms with E-state index in [9.17, 15) is 18.8 Å². The standard InChI is InChI=1S/C20H14FN5O4S/c21-13-5-1-2-6-14(13)22-16(27)11-25-20(29)26-15-7-9-31-17(15)18(28)24(19(26)23-25)10-12-4-3-8-30-12/h1-9H,10-11H2,(H,22,27). The number of nitrogens with zero attached hydrogens (tertiary/aromatic N) is 4. The van der Waals surface area contributed by atoms with Crippen LogP contribution in [0.15, 0.2) is 68.1 Å². The van der Waals surface area contributed by atoms with Gasteiger partial charge in [-0.05, 0) is 35.7 Å². The quantitative estimate of drug-likeness (QED) is 0.453. The Morgan fingerprint density at radius 2 is 2.00 bits per heavy atom. The lowest BCUT2D eigenvalue weighted by molar-refractivity contribution is -0.117. The summed E-state index contributed by atoms with van der Waals surface area (Å²) in [6.07, 6.45) is 1.49. The smallest absolute Gasteiger partial charge is 0.352 e. The summed E-state index contributed by atoms with van der Waals surface area (Å²) in [5, 5.41) is 8.35. The summed E-state index contributed by atoms with van der Waals surface area (Å²) in [7, 11) is 0. The Labute approximate surface area is 176 Å². The Bertz CT molecular complexity index is 1540. The van der Waals surface area contributed by atoms with Crippen molar-refractivity contribution in [1.82, 2.24) is 18.7 Å². The highest BCUT2D eigenvalue weighted by Gasteiger charge is 2.20. The number of halogens is 1. The van der Waals surface area contributed by atoms with Gasteiger partial charge < -0.3 is 9.73 Å². The number of para-hydroxylation sites is 1. The van der Waals surface area contributed by atoms with Gasteiger partial charge in [-0.25, -0.2) is 18.3 Å². The Hall–Kier alpha value is -3.99. The number of furan rings is 1. The zero-order valence-corrected chi connectivity index (χ0v) is 16.6. The SMILES string of the molecule is O=C(Cn1nc2n(Cc3ccco3)c(=O)c3sccc3n2c1=O)Nc1ccccc1F. The summed E-state index contributed by atoms with van der Waals surface area (Å²) in [4.78, 5) is 38.5. The van der Waals surface area contributed by atoms with Gasteiger partial charge >= 0.3 is 5.69 Å². The lowest BCUT2D eigenvalue weighted by Gasteiger charge is -2.06. The van der Waals surface area contributed by atoms with Crippen molar-refractivity contribution in [2.45, 2.75) is 13.1 Å². The number of hydrogen-bond acceptors (Lipinski definition) is 6. The second kappa shape index (κ2) is 7.36. The normalized spacial score (nSPS) is 11.4. The molecule has 0 aliphatic heterocycles. The molecule has 0 radical (unpaired) electrons. The molecule has 9 nitrogen and oxygen atoms in total. The number of benzene rings is 1. The monoisotopic (exact) mass is 439 g/mol. The number of aromatic nitrogens is 4. The molecule has 0 spiro atoms. The van der Waals surface area contributed by atoms with Crippen molar-refractivity contribution in [3.8, 4) is 0 Å². The van der Waals surface area contributed by atoms with Crippen LogP contribution in [0.3, 0.4) is 0 Å². The van der Waals surface area contributed by atoms with E-state index in [1.807, 2.05) is 0 Å². The Balaban J connectivity index is 1.60. The third-order valence-corrected chi connectivity index (χ3v) is 5.62. The molecule has 0 aliphatic carbocycles. The number of hydrogen-bond donors (Lipinski definition) is 1. The van der Waals surface area contributed by atoms with Crippen LogP contribution < -0.4 is 16.6 Å². The van der Waals surface area contributed by atoms with E-state index in [0.29, 0.717) is 16.0 Å².